The Morgan fingerprint density at radius 1 is 1.20 bits per heavy atom. The molecule has 0 saturated carbocycles. The Morgan fingerprint density at radius 3 is 2.50 bits per heavy atom. The highest BCUT2D eigenvalue weighted by atomic mass is 32.2. The summed E-state index contributed by atoms with van der Waals surface area (Å²) in [7, 11) is 0. The van der Waals surface area contributed by atoms with Gasteiger partial charge in [-0.1, -0.05) is 23.9 Å². The van der Waals surface area contributed by atoms with Crippen molar-refractivity contribution in [2.24, 2.45) is 0 Å². The van der Waals surface area contributed by atoms with Crippen molar-refractivity contribution < 1.29 is 25.0 Å². The molecular formula is C12H15NO6S. The summed E-state index contributed by atoms with van der Waals surface area (Å²) >= 11 is 0.952. The van der Waals surface area contributed by atoms with E-state index in [0.29, 0.717) is 4.90 Å². The molecule has 5 atom stereocenters. The average molecular weight is 301 g/mol. The third-order valence-electron chi connectivity index (χ3n) is 3.11. The largest absolute Gasteiger partial charge is 0.388 e. The Kier molecular flexibility index (Phi) is 4.61. The second kappa shape index (κ2) is 6.06. The minimum absolute atomic E-state index is 0.0958. The summed E-state index contributed by atoms with van der Waals surface area (Å²) in [6, 6.07) is 6.08. The van der Waals surface area contributed by atoms with Crippen molar-refractivity contribution in [1.29, 1.82) is 0 Å². The van der Waals surface area contributed by atoms with E-state index in [4.69, 9.17) is 4.74 Å². The smallest absolute Gasteiger partial charge is 0.282 e. The number of nitro benzene ring substituents is 1. The highest BCUT2D eigenvalue weighted by Crippen LogP contribution is 2.37. The fourth-order valence-corrected chi connectivity index (χ4v) is 3.15. The number of nitro groups is 1. The molecular weight excluding hydrogens is 286 g/mol. The van der Waals surface area contributed by atoms with Gasteiger partial charge >= 0.3 is 0 Å². The molecule has 0 aromatic heterocycles. The second-order valence-corrected chi connectivity index (χ2v) is 5.66. The van der Waals surface area contributed by atoms with Gasteiger partial charge in [0.15, 0.2) is 0 Å². The van der Waals surface area contributed by atoms with Gasteiger partial charge in [-0.3, -0.25) is 10.1 Å². The van der Waals surface area contributed by atoms with Gasteiger partial charge in [0.2, 0.25) is 0 Å². The number of aliphatic hydroxyl groups excluding tert-OH is 3. The average Bonchev–Trinajstić information content (AvgIpc) is 2.43. The monoisotopic (exact) mass is 301 g/mol. The number of hydrogen-bond donors (Lipinski definition) is 3. The van der Waals surface area contributed by atoms with E-state index in [2.05, 4.69) is 0 Å². The number of nitrogens with zero attached hydrogens (tertiary/aromatic N) is 1. The Labute approximate surface area is 119 Å². The lowest BCUT2D eigenvalue weighted by atomic mass is 10.0. The predicted octanol–water partition coefficient (Wildman–Crippen LogP) is 0.514. The zero-order valence-corrected chi connectivity index (χ0v) is 11.4. The molecule has 1 aromatic rings. The molecule has 2 rings (SSSR count). The van der Waals surface area contributed by atoms with Gasteiger partial charge in [-0.25, -0.2) is 0 Å². The van der Waals surface area contributed by atoms with Gasteiger partial charge in [0.05, 0.1) is 15.9 Å². The highest BCUT2D eigenvalue weighted by molar-refractivity contribution is 8.00. The van der Waals surface area contributed by atoms with Crippen LogP contribution in [0.1, 0.15) is 6.92 Å². The maximum absolute atomic E-state index is 10.9. The molecule has 3 N–H and O–H groups in total. The molecule has 1 aromatic carbocycles. The molecule has 1 aliphatic heterocycles. The first kappa shape index (κ1) is 15.2. The van der Waals surface area contributed by atoms with Crippen LogP contribution in [0.25, 0.3) is 0 Å². The third-order valence-corrected chi connectivity index (χ3v) is 4.33. The number of hydrogen-bond acceptors (Lipinski definition) is 7. The lowest BCUT2D eigenvalue weighted by molar-refractivity contribution is -0.387. The van der Waals surface area contributed by atoms with Gasteiger partial charge in [-0.15, -0.1) is 0 Å². The summed E-state index contributed by atoms with van der Waals surface area (Å²) in [6.45, 7) is 1.56. The topological polar surface area (TPSA) is 113 Å². The number of benzene rings is 1. The quantitative estimate of drug-likeness (QED) is 0.551. The minimum atomic E-state index is -1.35. The Bertz CT molecular complexity index is 499. The maximum Gasteiger partial charge on any atom is 0.282 e. The van der Waals surface area contributed by atoms with E-state index in [-0.39, 0.29) is 5.69 Å². The molecule has 0 amide bonds. The van der Waals surface area contributed by atoms with Crippen molar-refractivity contribution in [3.05, 3.63) is 34.4 Å². The third kappa shape index (κ3) is 2.94. The summed E-state index contributed by atoms with van der Waals surface area (Å²) in [5.74, 6) is 0. The second-order valence-electron chi connectivity index (χ2n) is 4.52. The van der Waals surface area contributed by atoms with Gasteiger partial charge in [0.25, 0.3) is 5.69 Å². The van der Waals surface area contributed by atoms with Crippen molar-refractivity contribution in [3.8, 4) is 0 Å². The first-order valence-electron chi connectivity index (χ1n) is 6.01. The van der Waals surface area contributed by atoms with Gasteiger partial charge in [0.1, 0.15) is 23.7 Å². The van der Waals surface area contributed by atoms with Crippen LogP contribution >= 0.6 is 11.8 Å². The van der Waals surface area contributed by atoms with Crippen LogP contribution in [-0.4, -0.2) is 50.1 Å². The summed E-state index contributed by atoms with van der Waals surface area (Å²) in [5, 5.41) is 40.1. The van der Waals surface area contributed by atoms with E-state index in [9.17, 15) is 25.4 Å². The zero-order valence-electron chi connectivity index (χ0n) is 10.6. The van der Waals surface area contributed by atoms with Crippen molar-refractivity contribution in [3.63, 3.8) is 0 Å². The van der Waals surface area contributed by atoms with E-state index in [1.807, 2.05) is 0 Å². The number of aliphatic hydroxyl groups is 3. The molecule has 8 heteroatoms. The van der Waals surface area contributed by atoms with Gasteiger partial charge in [0, 0.05) is 6.07 Å². The Morgan fingerprint density at radius 2 is 1.85 bits per heavy atom. The Balaban J connectivity index is 2.20. The van der Waals surface area contributed by atoms with Crippen LogP contribution < -0.4 is 0 Å². The lowest BCUT2D eigenvalue weighted by Gasteiger charge is -2.38. The maximum atomic E-state index is 10.9. The van der Waals surface area contributed by atoms with Gasteiger partial charge in [-0.05, 0) is 13.0 Å². The molecule has 0 unspecified atom stereocenters. The summed E-state index contributed by atoms with van der Waals surface area (Å²) in [4.78, 5) is 10.7. The van der Waals surface area contributed by atoms with Crippen molar-refractivity contribution in [2.45, 2.75) is 41.7 Å². The zero-order chi connectivity index (χ0) is 14.9. The van der Waals surface area contributed by atoms with E-state index in [0.717, 1.165) is 11.8 Å². The van der Waals surface area contributed by atoms with Crippen molar-refractivity contribution in [2.75, 3.05) is 0 Å². The fraction of sp³-hybridized carbons (Fsp3) is 0.500. The molecule has 1 aliphatic rings. The molecule has 1 heterocycles. The predicted molar refractivity (Wildman–Crippen MR) is 71.3 cm³/mol. The SMILES string of the molecule is C[C@H]1O[C@@H](Sc2ccccc2[N+](=O)[O-])[C@@H](O)[C@@H](O)[C@H]1O. The molecule has 1 saturated heterocycles. The molecule has 0 radical (unpaired) electrons. The summed E-state index contributed by atoms with van der Waals surface area (Å²) in [5.41, 5.74) is -0.980. The van der Waals surface area contributed by atoms with Gasteiger partial charge in [-0.2, -0.15) is 0 Å². The van der Waals surface area contributed by atoms with Gasteiger partial charge < -0.3 is 20.1 Å². The number of thioether (sulfide) groups is 1. The fourth-order valence-electron chi connectivity index (χ4n) is 1.94. The van der Waals surface area contributed by atoms with Crippen LogP contribution in [0.4, 0.5) is 5.69 Å². The van der Waals surface area contributed by atoms with Crippen LogP contribution in [0.2, 0.25) is 0 Å². The Hall–Kier alpha value is -1.19. The van der Waals surface area contributed by atoms with E-state index < -0.39 is 34.8 Å². The summed E-state index contributed by atoms with van der Waals surface area (Å²) in [6.07, 6.45) is -4.54. The number of ether oxygens (including phenoxy) is 1. The van der Waals surface area contributed by atoms with Crippen LogP contribution in [0.5, 0.6) is 0 Å². The molecule has 20 heavy (non-hydrogen) atoms. The van der Waals surface area contributed by atoms with Crippen LogP contribution in [0.15, 0.2) is 29.2 Å². The lowest BCUT2D eigenvalue weighted by Crippen LogP contribution is -2.55. The first-order valence-corrected chi connectivity index (χ1v) is 6.89. The van der Waals surface area contributed by atoms with E-state index >= 15 is 0 Å². The standard InChI is InChI=1S/C12H15NO6S/c1-6-9(14)10(15)11(16)12(19-6)20-8-5-3-2-4-7(8)13(17)18/h2-6,9-12,14-16H,1H3/t6-,9+,10+,11+,12+/m1/s1. The molecule has 110 valence electrons. The molecule has 0 bridgehead atoms. The highest BCUT2D eigenvalue weighted by Gasteiger charge is 2.42. The van der Waals surface area contributed by atoms with Crippen molar-refractivity contribution in [1.82, 2.24) is 0 Å². The molecule has 0 spiro atoms. The van der Waals surface area contributed by atoms with E-state index in [1.54, 1.807) is 25.1 Å². The number of para-hydroxylation sites is 1. The van der Waals surface area contributed by atoms with Crippen molar-refractivity contribution >= 4 is 17.4 Å². The van der Waals surface area contributed by atoms with Crippen LogP contribution in [0, 0.1) is 10.1 Å². The summed E-state index contributed by atoms with van der Waals surface area (Å²) < 4.78 is 5.40. The first-order chi connectivity index (χ1) is 9.41. The van der Waals surface area contributed by atoms with E-state index in [1.165, 1.54) is 6.07 Å². The minimum Gasteiger partial charge on any atom is -0.388 e. The van der Waals surface area contributed by atoms with Crippen LogP contribution in [0.3, 0.4) is 0 Å². The normalized spacial score (nSPS) is 33.9. The molecule has 1 fully saturated rings. The van der Waals surface area contributed by atoms with Crippen LogP contribution in [-0.2, 0) is 4.74 Å². The number of rotatable bonds is 3. The molecule has 7 nitrogen and oxygen atoms in total. The molecule has 0 aliphatic carbocycles.